The van der Waals surface area contributed by atoms with Gasteiger partial charge in [0, 0.05) is 12.2 Å². The Kier molecular flexibility index (Phi) is 3.69. The van der Waals surface area contributed by atoms with Crippen LogP contribution in [-0.4, -0.2) is 44.5 Å². The number of H-pyrrole nitrogens is 1. The summed E-state index contributed by atoms with van der Waals surface area (Å²) < 4.78 is 0. The van der Waals surface area contributed by atoms with E-state index < -0.39 is 0 Å². The Morgan fingerprint density at radius 3 is 2.85 bits per heavy atom. The Labute approximate surface area is 116 Å². The summed E-state index contributed by atoms with van der Waals surface area (Å²) in [6, 6.07) is 7.81. The zero-order chi connectivity index (χ0) is 13.8. The van der Waals surface area contributed by atoms with Gasteiger partial charge < -0.3 is 5.32 Å². The molecule has 2 aromatic rings. The predicted molar refractivity (Wildman–Crippen MR) is 73.1 cm³/mol. The lowest BCUT2D eigenvalue weighted by molar-refractivity contribution is 0.101. The van der Waals surface area contributed by atoms with Crippen LogP contribution in [0.25, 0.3) is 0 Å². The van der Waals surface area contributed by atoms with Crippen LogP contribution in [0.4, 0.5) is 5.69 Å². The largest absolute Gasteiger partial charge is 0.319 e. The second-order valence-electron chi connectivity index (χ2n) is 4.83. The number of amides is 1. The van der Waals surface area contributed by atoms with E-state index >= 15 is 0 Å². The van der Waals surface area contributed by atoms with E-state index in [9.17, 15) is 4.79 Å². The number of nitrogens with one attached hydrogen (secondary N) is 2. The maximum absolute atomic E-state index is 12.0. The molecule has 1 saturated heterocycles. The third-order valence-electron chi connectivity index (χ3n) is 3.41. The Morgan fingerprint density at radius 1 is 1.30 bits per heavy atom. The van der Waals surface area contributed by atoms with Crippen LogP contribution in [-0.2, 0) is 6.54 Å². The minimum absolute atomic E-state index is 0.0426. The van der Waals surface area contributed by atoms with Crippen LogP contribution < -0.4 is 5.32 Å². The number of benzene rings is 1. The van der Waals surface area contributed by atoms with Crippen molar-refractivity contribution in [2.45, 2.75) is 19.4 Å². The molecule has 0 atom stereocenters. The molecule has 1 aromatic carbocycles. The van der Waals surface area contributed by atoms with E-state index in [1.807, 2.05) is 24.3 Å². The highest BCUT2D eigenvalue weighted by molar-refractivity contribution is 6.01. The number of carbonyl (C=O) groups excluding carboxylic acids is 1. The van der Waals surface area contributed by atoms with Crippen molar-refractivity contribution in [3.63, 3.8) is 0 Å². The molecule has 1 aromatic heterocycles. The quantitative estimate of drug-likeness (QED) is 0.868. The van der Waals surface area contributed by atoms with Gasteiger partial charge in [-0.15, -0.1) is 10.2 Å². The van der Waals surface area contributed by atoms with Crippen LogP contribution in [0.1, 0.15) is 29.0 Å². The molecule has 0 unspecified atom stereocenters. The summed E-state index contributed by atoms with van der Waals surface area (Å²) >= 11 is 0. The molecule has 2 N–H and O–H groups in total. The molecular weight excluding hydrogens is 256 g/mol. The van der Waals surface area contributed by atoms with E-state index in [-0.39, 0.29) is 11.7 Å². The Hall–Kier alpha value is -2.28. The number of aromatic amines is 1. The topological polar surface area (TPSA) is 86.8 Å². The molecule has 104 valence electrons. The summed E-state index contributed by atoms with van der Waals surface area (Å²) in [5, 5.41) is 15.8. The van der Waals surface area contributed by atoms with E-state index in [2.05, 4.69) is 30.8 Å². The van der Waals surface area contributed by atoms with Crippen molar-refractivity contribution in [2.75, 3.05) is 18.4 Å². The molecule has 1 aliphatic rings. The standard InChI is InChI=1S/C13H16N6O/c20-13(12-15-17-18-16-12)14-11-6-2-1-5-10(11)9-19-7-3-4-8-19/h1-2,5-6H,3-4,7-9H2,(H,14,20)(H,15,16,17,18). The molecule has 0 spiro atoms. The van der Waals surface area contributed by atoms with E-state index in [0.29, 0.717) is 0 Å². The molecule has 0 saturated carbocycles. The molecule has 1 fully saturated rings. The molecule has 2 heterocycles. The zero-order valence-corrected chi connectivity index (χ0v) is 11.0. The van der Waals surface area contributed by atoms with Gasteiger partial charge in [-0.05, 0) is 42.8 Å². The fourth-order valence-corrected chi connectivity index (χ4v) is 2.40. The number of carbonyl (C=O) groups is 1. The molecule has 0 aliphatic carbocycles. The number of aromatic nitrogens is 4. The molecule has 7 heteroatoms. The van der Waals surface area contributed by atoms with Crippen molar-refractivity contribution in [1.29, 1.82) is 0 Å². The third kappa shape index (κ3) is 2.83. The molecule has 1 aliphatic heterocycles. The number of likely N-dealkylation sites (tertiary alicyclic amines) is 1. The Balaban J connectivity index is 1.73. The lowest BCUT2D eigenvalue weighted by Gasteiger charge is -2.17. The van der Waals surface area contributed by atoms with E-state index in [1.54, 1.807) is 0 Å². The first-order valence-corrected chi connectivity index (χ1v) is 6.68. The average molecular weight is 272 g/mol. The molecule has 20 heavy (non-hydrogen) atoms. The molecule has 3 rings (SSSR count). The average Bonchev–Trinajstić information content (AvgIpc) is 3.13. The SMILES string of the molecule is O=C(Nc1ccccc1CN1CCCC1)c1nn[nH]n1. The lowest BCUT2D eigenvalue weighted by Crippen LogP contribution is -2.21. The van der Waals surface area contributed by atoms with Crippen molar-refractivity contribution in [3.05, 3.63) is 35.7 Å². The highest BCUT2D eigenvalue weighted by atomic mass is 16.2. The number of rotatable bonds is 4. The van der Waals surface area contributed by atoms with Crippen LogP contribution in [0.3, 0.4) is 0 Å². The first kappa shape index (κ1) is 12.7. The monoisotopic (exact) mass is 272 g/mol. The van der Waals surface area contributed by atoms with Crippen LogP contribution in [0.2, 0.25) is 0 Å². The van der Waals surface area contributed by atoms with Crippen LogP contribution in [0, 0.1) is 0 Å². The van der Waals surface area contributed by atoms with Crippen molar-refractivity contribution in [2.24, 2.45) is 0 Å². The molecule has 0 radical (unpaired) electrons. The Bertz CT molecular complexity index is 576. The van der Waals surface area contributed by atoms with Crippen molar-refractivity contribution >= 4 is 11.6 Å². The number of tetrazole rings is 1. The molecule has 0 bridgehead atoms. The summed E-state index contributed by atoms with van der Waals surface area (Å²) in [6.07, 6.45) is 2.49. The second kappa shape index (κ2) is 5.79. The number of anilines is 1. The van der Waals surface area contributed by atoms with Gasteiger partial charge >= 0.3 is 0 Å². The predicted octanol–water partition coefficient (Wildman–Crippen LogP) is 1.05. The highest BCUT2D eigenvalue weighted by Crippen LogP contribution is 2.20. The van der Waals surface area contributed by atoms with E-state index in [0.717, 1.165) is 30.9 Å². The van der Waals surface area contributed by atoms with Crippen LogP contribution >= 0.6 is 0 Å². The highest BCUT2D eigenvalue weighted by Gasteiger charge is 2.16. The molecular formula is C13H16N6O. The minimum atomic E-state index is -0.354. The summed E-state index contributed by atoms with van der Waals surface area (Å²) in [6.45, 7) is 3.09. The number of para-hydroxylation sites is 1. The van der Waals surface area contributed by atoms with Gasteiger partial charge in [0.05, 0.1) is 0 Å². The maximum atomic E-state index is 12.0. The van der Waals surface area contributed by atoms with Crippen molar-refractivity contribution in [3.8, 4) is 0 Å². The second-order valence-corrected chi connectivity index (χ2v) is 4.83. The third-order valence-corrected chi connectivity index (χ3v) is 3.41. The fraction of sp³-hybridized carbons (Fsp3) is 0.385. The van der Waals surface area contributed by atoms with Crippen LogP contribution in [0.5, 0.6) is 0 Å². The molecule has 7 nitrogen and oxygen atoms in total. The summed E-state index contributed by atoms with van der Waals surface area (Å²) in [7, 11) is 0. The van der Waals surface area contributed by atoms with Gasteiger partial charge in [0.1, 0.15) is 0 Å². The summed E-state index contributed by atoms with van der Waals surface area (Å²) in [4.78, 5) is 14.3. The van der Waals surface area contributed by atoms with Crippen molar-refractivity contribution in [1.82, 2.24) is 25.5 Å². The fourth-order valence-electron chi connectivity index (χ4n) is 2.40. The summed E-state index contributed by atoms with van der Waals surface area (Å²) in [5.41, 5.74) is 1.90. The van der Waals surface area contributed by atoms with Gasteiger partial charge in [-0.25, -0.2) is 0 Å². The van der Waals surface area contributed by atoms with Crippen molar-refractivity contribution < 1.29 is 4.79 Å². The van der Waals surface area contributed by atoms with Gasteiger partial charge in [0.2, 0.25) is 0 Å². The maximum Gasteiger partial charge on any atom is 0.297 e. The smallest absolute Gasteiger partial charge is 0.297 e. The summed E-state index contributed by atoms with van der Waals surface area (Å²) in [5.74, 6) is -0.311. The first-order chi connectivity index (χ1) is 9.83. The normalized spacial score (nSPS) is 15.4. The van der Waals surface area contributed by atoms with E-state index in [4.69, 9.17) is 0 Å². The Morgan fingerprint density at radius 2 is 2.10 bits per heavy atom. The van der Waals surface area contributed by atoms with Gasteiger partial charge in [0.15, 0.2) is 0 Å². The number of hydrogen-bond acceptors (Lipinski definition) is 5. The number of hydrogen-bond donors (Lipinski definition) is 2. The first-order valence-electron chi connectivity index (χ1n) is 6.68. The van der Waals surface area contributed by atoms with Gasteiger partial charge in [-0.2, -0.15) is 5.21 Å². The van der Waals surface area contributed by atoms with Gasteiger partial charge in [-0.3, -0.25) is 9.69 Å². The van der Waals surface area contributed by atoms with E-state index in [1.165, 1.54) is 12.8 Å². The van der Waals surface area contributed by atoms with Gasteiger partial charge in [0.25, 0.3) is 11.7 Å². The molecule has 1 amide bonds. The lowest BCUT2D eigenvalue weighted by atomic mass is 10.1. The van der Waals surface area contributed by atoms with Crippen LogP contribution in [0.15, 0.2) is 24.3 Å². The van der Waals surface area contributed by atoms with Gasteiger partial charge in [-0.1, -0.05) is 18.2 Å². The minimum Gasteiger partial charge on any atom is -0.319 e. The number of nitrogens with zero attached hydrogens (tertiary/aromatic N) is 4. The zero-order valence-electron chi connectivity index (χ0n) is 11.0.